The van der Waals surface area contributed by atoms with Gasteiger partial charge in [-0.25, -0.2) is 0 Å². The molecule has 170 valence electrons. The molecule has 0 radical (unpaired) electrons. The number of ether oxygens (including phenoxy) is 2. The monoisotopic (exact) mass is 451 g/mol. The van der Waals surface area contributed by atoms with Gasteiger partial charge in [-0.3, -0.25) is 4.79 Å². The van der Waals surface area contributed by atoms with Gasteiger partial charge in [-0.2, -0.15) is 0 Å². The average Bonchev–Trinajstić information content (AvgIpc) is 3.17. The molecule has 0 aliphatic heterocycles. The summed E-state index contributed by atoms with van der Waals surface area (Å²) < 4.78 is 12.4. The maximum atomic E-state index is 13.8. The first-order valence-electron chi connectivity index (χ1n) is 11.5. The Morgan fingerprint density at radius 3 is 2.53 bits per heavy atom. The van der Waals surface area contributed by atoms with E-state index in [1.54, 1.807) is 18.4 Å². The lowest BCUT2D eigenvalue weighted by Gasteiger charge is -2.26. The second kappa shape index (κ2) is 10.1. The average molecular weight is 452 g/mol. The molecule has 0 spiro atoms. The van der Waals surface area contributed by atoms with Crippen LogP contribution in [0.1, 0.15) is 59.3 Å². The summed E-state index contributed by atoms with van der Waals surface area (Å²) in [5, 5.41) is 1.04. The zero-order valence-electron chi connectivity index (χ0n) is 19.5. The summed E-state index contributed by atoms with van der Waals surface area (Å²) in [5.41, 5.74) is 1.60. The Labute approximate surface area is 195 Å². The third-order valence-corrected chi connectivity index (χ3v) is 7.70. The van der Waals surface area contributed by atoms with Crippen molar-refractivity contribution in [2.75, 3.05) is 34.4 Å². The van der Waals surface area contributed by atoms with Crippen LogP contribution in [0.2, 0.25) is 0 Å². The Morgan fingerprint density at radius 1 is 1.09 bits per heavy atom. The molecule has 4 nitrogen and oxygen atoms in total. The van der Waals surface area contributed by atoms with Crippen LogP contribution in [-0.2, 0) is 0 Å². The van der Waals surface area contributed by atoms with Gasteiger partial charge in [0.2, 0.25) is 0 Å². The minimum atomic E-state index is 0.106. The number of carbonyl (C=O) groups is 1. The molecule has 1 aliphatic carbocycles. The quantitative estimate of drug-likeness (QED) is 0.373. The smallest absolute Gasteiger partial charge is 0.194 e. The maximum absolute atomic E-state index is 13.8. The molecule has 4 rings (SSSR count). The van der Waals surface area contributed by atoms with Crippen LogP contribution >= 0.6 is 11.3 Å². The number of nitrogens with zero attached hydrogens (tertiary/aromatic N) is 1. The third kappa shape index (κ3) is 5.00. The van der Waals surface area contributed by atoms with Crippen LogP contribution in [0.5, 0.6) is 11.5 Å². The highest BCUT2D eigenvalue weighted by atomic mass is 32.1. The van der Waals surface area contributed by atoms with Crippen LogP contribution in [0.15, 0.2) is 42.5 Å². The van der Waals surface area contributed by atoms with Crippen molar-refractivity contribution in [3.05, 3.63) is 58.5 Å². The summed E-state index contributed by atoms with van der Waals surface area (Å²) in [5.74, 6) is 2.89. The van der Waals surface area contributed by atoms with Gasteiger partial charge in [0.15, 0.2) is 5.78 Å². The van der Waals surface area contributed by atoms with Gasteiger partial charge in [-0.1, -0.05) is 19.8 Å². The van der Waals surface area contributed by atoms with Gasteiger partial charge in [0, 0.05) is 32.6 Å². The molecule has 0 amide bonds. The Morgan fingerprint density at radius 2 is 1.84 bits per heavy atom. The van der Waals surface area contributed by atoms with E-state index in [2.05, 4.69) is 17.9 Å². The van der Waals surface area contributed by atoms with Gasteiger partial charge >= 0.3 is 0 Å². The van der Waals surface area contributed by atoms with E-state index < -0.39 is 0 Å². The van der Waals surface area contributed by atoms with E-state index in [-0.39, 0.29) is 5.78 Å². The molecule has 1 fully saturated rings. The molecular formula is C27H33NO3S. The lowest BCUT2D eigenvalue weighted by atomic mass is 9.80. The van der Waals surface area contributed by atoms with Crippen LogP contribution in [0.3, 0.4) is 0 Å². The minimum absolute atomic E-state index is 0.106. The van der Waals surface area contributed by atoms with Crippen molar-refractivity contribution in [1.29, 1.82) is 0 Å². The summed E-state index contributed by atoms with van der Waals surface area (Å²) >= 11 is 1.77. The standard InChI is InChI=1S/C27H33NO3S/c1-18-6-5-7-20(16-18)27-25(23-13-12-22(30-4)17-24(23)32-27)26(29)19-8-10-21(11-9-19)31-15-14-28(2)3/h8-13,17-18,20H,5-7,14-16H2,1-4H3. The van der Waals surface area contributed by atoms with E-state index in [4.69, 9.17) is 9.47 Å². The minimum Gasteiger partial charge on any atom is -0.497 e. The molecule has 1 heterocycles. The molecule has 1 saturated carbocycles. The molecular weight excluding hydrogens is 418 g/mol. The van der Waals surface area contributed by atoms with Gasteiger partial charge < -0.3 is 14.4 Å². The van der Waals surface area contributed by atoms with Crippen molar-refractivity contribution < 1.29 is 14.3 Å². The topological polar surface area (TPSA) is 38.8 Å². The fourth-order valence-corrected chi connectivity index (χ4v) is 5.99. The molecule has 2 atom stereocenters. The Hall–Kier alpha value is -2.37. The number of methoxy groups -OCH3 is 1. The predicted octanol–water partition coefficient (Wildman–Crippen LogP) is 6.38. The highest BCUT2D eigenvalue weighted by Gasteiger charge is 2.29. The van der Waals surface area contributed by atoms with Gasteiger partial charge in [0.1, 0.15) is 18.1 Å². The van der Waals surface area contributed by atoms with E-state index in [9.17, 15) is 4.79 Å². The normalized spacial score (nSPS) is 18.8. The van der Waals surface area contributed by atoms with E-state index >= 15 is 0 Å². The molecule has 0 bridgehead atoms. The number of thiophene rings is 1. The first-order chi connectivity index (χ1) is 15.5. The number of ketones is 1. The molecule has 2 unspecified atom stereocenters. The van der Waals surface area contributed by atoms with Crippen molar-refractivity contribution >= 4 is 27.2 Å². The molecule has 3 aromatic rings. The van der Waals surface area contributed by atoms with Crippen LogP contribution in [-0.4, -0.2) is 45.0 Å². The van der Waals surface area contributed by atoms with E-state index in [1.165, 1.54) is 17.7 Å². The van der Waals surface area contributed by atoms with Crippen LogP contribution in [0.4, 0.5) is 0 Å². The zero-order chi connectivity index (χ0) is 22.7. The molecule has 32 heavy (non-hydrogen) atoms. The lowest BCUT2D eigenvalue weighted by molar-refractivity contribution is 0.103. The van der Waals surface area contributed by atoms with Crippen molar-refractivity contribution in [3.63, 3.8) is 0 Å². The first-order valence-corrected chi connectivity index (χ1v) is 12.3. The van der Waals surface area contributed by atoms with Crippen LogP contribution < -0.4 is 9.47 Å². The fraction of sp³-hybridized carbons (Fsp3) is 0.444. The highest BCUT2D eigenvalue weighted by Crippen LogP contribution is 2.45. The molecule has 5 heteroatoms. The molecule has 0 saturated heterocycles. The maximum Gasteiger partial charge on any atom is 0.194 e. The molecule has 0 N–H and O–H groups in total. The summed E-state index contributed by atoms with van der Waals surface area (Å²) in [6, 6.07) is 13.7. The molecule has 1 aromatic heterocycles. The number of hydrogen-bond acceptors (Lipinski definition) is 5. The SMILES string of the molecule is COc1ccc2c(C(=O)c3ccc(OCCN(C)C)cc3)c(C3CCCC(C)C3)sc2c1. The second-order valence-electron chi connectivity index (χ2n) is 9.18. The Balaban J connectivity index is 1.67. The fourth-order valence-electron chi connectivity index (χ4n) is 4.61. The molecule has 2 aromatic carbocycles. The van der Waals surface area contributed by atoms with Crippen molar-refractivity contribution in [3.8, 4) is 11.5 Å². The largest absolute Gasteiger partial charge is 0.497 e. The number of carbonyl (C=O) groups excluding carboxylic acids is 1. The Kier molecular flexibility index (Phi) is 7.17. The number of rotatable bonds is 8. The van der Waals surface area contributed by atoms with Crippen LogP contribution in [0.25, 0.3) is 10.1 Å². The second-order valence-corrected chi connectivity index (χ2v) is 10.3. The van der Waals surface area contributed by atoms with Gasteiger partial charge in [0.05, 0.1) is 7.11 Å². The van der Waals surface area contributed by atoms with Gasteiger partial charge in [-0.05, 0) is 81.2 Å². The summed E-state index contributed by atoms with van der Waals surface area (Å²) in [4.78, 5) is 17.1. The van der Waals surface area contributed by atoms with Crippen molar-refractivity contribution in [2.24, 2.45) is 5.92 Å². The summed E-state index contributed by atoms with van der Waals surface area (Å²) in [7, 11) is 5.74. The van der Waals surface area contributed by atoms with Crippen molar-refractivity contribution in [2.45, 2.75) is 38.5 Å². The van der Waals surface area contributed by atoms with Gasteiger partial charge in [0.25, 0.3) is 0 Å². The molecule has 1 aliphatic rings. The predicted molar refractivity (Wildman–Crippen MR) is 133 cm³/mol. The van der Waals surface area contributed by atoms with Crippen molar-refractivity contribution in [1.82, 2.24) is 4.90 Å². The Bertz CT molecular complexity index is 1070. The highest BCUT2D eigenvalue weighted by molar-refractivity contribution is 7.19. The van der Waals surface area contributed by atoms with E-state index in [0.29, 0.717) is 24.0 Å². The number of benzene rings is 2. The zero-order valence-corrected chi connectivity index (χ0v) is 20.3. The summed E-state index contributed by atoms with van der Waals surface area (Å²) in [6.07, 6.45) is 4.83. The first kappa shape index (κ1) is 22.8. The number of likely N-dealkylation sites (N-methyl/N-ethyl adjacent to an activating group) is 1. The van der Waals surface area contributed by atoms with Crippen LogP contribution in [0, 0.1) is 5.92 Å². The van der Waals surface area contributed by atoms with Gasteiger partial charge in [-0.15, -0.1) is 11.3 Å². The third-order valence-electron chi connectivity index (χ3n) is 6.38. The van der Waals surface area contributed by atoms with E-state index in [1.807, 2.05) is 50.5 Å². The number of fused-ring (bicyclic) bond motifs is 1. The lowest BCUT2D eigenvalue weighted by Crippen LogP contribution is -2.19. The van der Waals surface area contributed by atoms with E-state index in [0.717, 1.165) is 46.5 Å². The summed E-state index contributed by atoms with van der Waals surface area (Å²) in [6.45, 7) is 3.81. The number of hydrogen-bond donors (Lipinski definition) is 0.